The Balaban J connectivity index is 1.15. The van der Waals surface area contributed by atoms with E-state index in [1.54, 1.807) is 12.1 Å². The van der Waals surface area contributed by atoms with Crippen molar-refractivity contribution < 1.29 is 23.8 Å². The molecule has 7 rings (SSSR count). The van der Waals surface area contributed by atoms with E-state index in [4.69, 9.17) is 27.9 Å². The van der Waals surface area contributed by atoms with E-state index in [-0.39, 0.29) is 28.8 Å². The Morgan fingerprint density at radius 3 is 2.62 bits per heavy atom. The van der Waals surface area contributed by atoms with Crippen LogP contribution in [0.5, 0.6) is 5.75 Å². The van der Waals surface area contributed by atoms with Crippen LogP contribution >= 0.6 is 23.2 Å². The van der Waals surface area contributed by atoms with Gasteiger partial charge in [0.1, 0.15) is 0 Å². The first-order valence-corrected chi connectivity index (χ1v) is 17.2. The number of carboxylic acid groups (broad SMARTS) is 1. The number of anilines is 1. The van der Waals surface area contributed by atoms with E-state index < -0.39 is 17.7 Å². The molecule has 5 aromatic rings. The number of nitrogens with zero attached hydrogens (tertiary/aromatic N) is 5. The van der Waals surface area contributed by atoms with Crippen LogP contribution in [0.4, 0.5) is 10.1 Å². The fraction of sp³-hybridized carbons (Fsp3) is 0.324. The second kappa shape index (κ2) is 13.7. The lowest BCUT2D eigenvalue weighted by molar-refractivity contribution is -0.141. The highest BCUT2D eigenvalue weighted by atomic mass is 35.5. The standard InChI is InChI=1S/C37H37Cl2FN6O4/c1-43-13-12-31-29(20-43)41-35(44(31)2)36(47)42-28-8-4-7-25(32(28)39)23-6-5-9-30-24(23)11-15-46(30)19-26-27(38)16-22(34(50-3)33(26)40)18-45-14-10-21(17-45)37(48)49/h4-9,11,15-16,21H,10,12-14,17-20H2,1-3H3,(H,42,47)(H,48,49). The molecule has 0 bridgehead atoms. The van der Waals surface area contributed by atoms with E-state index in [2.05, 4.69) is 15.2 Å². The second-order valence-corrected chi connectivity index (χ2v) is 13.9. The first-order chi connectivity index (χ1) is 24.0. The summed E-state index contributed by atoms with van der Waals surface area (Å²) in [6.45, 7) is 3.08. The molecule has 13 heteroatoms. The number of ether oxygens (including phenoxy) is 1. The van der Waals surface area contributed by atoms with Gasteiger partial charge in [0, 0.05) is 84.2 Å². The summed E-state index contributed by atoms with van der Waals surface area (Å²) in [5.41, 5.74) is 5.72. The lowest BCUT2D eigenvalue weighted by atomic mass is 10.0. The molecule has 1 saturated heterocycles. The molecule has 260 valence electrons. The number of rotatable bonds is 9. The van der Waals surface area contributed by atoms with Crippen molar-refractivity contribution in [3.05, 3.63) is 98.9 Å². The van der Waals surface area contributed by atoms with Gasteiger partial charge in [-0.3, -0.25) is 14.5 Å². The van der Waals surface area contributed by atoms with Gasteiger partial charge in [-0.1, -0.05) is 47.5 Å². The Kier molecular flexibility index (Phi) is 9.34. The quantitative estimate of drug-likeness (QED) is 0.175. The molecule has 0 saturated carbocycles. The maximum Gasteiger partial charge on any atom is 0.307 e. The molecule has 2 aliphatic rings. The monoisotopic (exact) mass is 718 g/mol. The molecule has 3 aromatic carbocycles. The first-order valence-electron chi connectivity index (χ1n) is 16.4. The van der Waals surface area contributed by atoms with Gasteiger partial charge in [0.2, 0.25) is 0 Å². The van der Waals surface area contributed by atoms with Gasteiger partial charge in [-0.15, -0.1) is 0 Å². The molecular formula is C37H37Cl2FN6O4. The molecule has 1 atom stereocenters. The zero-order valence-electron chi connectivity index (χ0n) is 28.0. The number of imidazole rings is 1. The van der Waals surface area contributed by atoms with Crippen LogP contribution in [-0.4, -0.2) is 74.7 Å². The van der Waals surface area contributed by atoms with Crippen molar-refractivity contribution >= 4 is 51.7 Å². The first kappa shape index (κ1) is 34.0. The topological polar surface area (TPSA) is 105 Å². The summed E-state index contributed by atoms with van der Waals surface area (Å²) in [6.07, 6.45) is 3.25. The number of nitrogens with one attached hydrogen (secondary N) is 1. The number of amides is 1. The minimum atomic E-state index is -0.824. The zero-order valence-corrected chi connectivity index (χ0v) is 29.5. The van der Waals surface area contributed by atoms with Crippen LogP contribution in [-0.2, 0) is 37.9 Å². The number of aliphatic carboxylic acids is 1. The summed E-state index contributed by atoms with van der Waals surface area (Å²) in [5.74, 6) is -1.71. The van der Waals surface area contributed by atoms with Gasteiger partial charge < -0.3 is 29.2 Å². The summed E-state index contributed by atoms with van der Waals surface area (Å²) in [4.78, 5) is 33.6. The van der Waals surface area contributed by atoms with E-state index in [0.29, 0.717) is 54.7 Å². The van der Waals surface area contributed by atoms with Crippen LogP contribution in [0.25, 0.3) is 22.0 Å². The van der Waals surface area contributed by atoms with Crippen LogP contribution in [0.3, 0.4) is 0 Å². The van der Waals surface area contributed by atoms with Crippen LogP contribution in [0.15, 0.2) is 54.7 Å². The van der Waals surface area contributed by atoms with Crippen molar-refractivity contribution in [2.75, 3.05) is 39.1 Å². The Morgan fingerprint density at radius 1 is 1.08 bits per heavy atom. The molecule has 1 unspecified atom stereocenters. The van der Waals surface area contributed by atoms with Crippen molar-refractivity contribution in [3.63, 3.8) is 0 Å². The van der Waals surface area contributed by atoms with Gasteiger partial charge in [0.25, 0.3) is 5.91 Å². The van der Waals surface area contributed by atoms with Crippen molar-refractivity contribution in [1.82, 2.24) is 23.9 Å². The van der Waals surface area contributed by atoms with Crippen molar-refractivity contribution in [1.29, 1.82) is 0 Å². The highest BCUT2D eigenvalue weighted by molar-refractivity contribution is 6.37. The lowest BCUT2D eigenvalue weighted by Crippen LogP contribution is -2.27. The number of methoxy groups -OCH3 is 1. The van der Waals surface area contributed by atoms with E-state index in [9.17, 15) is 14.7 Å². The Hall–Kier alpha value is -4.42. The molecule has 1 fully saturated rings. The predicted octanol–water partition coefficient (Wildman–Crippen LogP) is 6.69. The summed E-state index contributed by atoms with van der Waals surface area (Å²) < 4.78 is 25.3. The summed E-state index contributed by atoms with van der Waals surface area (Å²) in [6, 6.07) is 15.0. The maximum atomic E-state index is 16.0. The molecule has 10 nitrogen and oxygen atoms in total. The Morgan fingerprint density at radius 2 is 1.86 bits per heavy atom. The second-order valence-electron chi connectivity index (χ2n) is 13.1. The molecule has 2 aromatic heterocycles. The van der Waals surface area contributed by atoms with E-state index in [1.165, 1.54) is 7.11 Å². The third-order valence-corrected chi connectivity index (χ3v) is 10.6. The molecule has 0 radical (unpaired) electrons. The Labute approximate surface area is 299 Å². The molecule has 0 spiro atoms. The fourth-order valence-electron chi connectivity index (χ4n) is 7.23. The van der Waals surface area contributed by atoms with Gasteiger partial charge >= 0.3 is 5.97 Å². The van der Waals surface area contributed by atoms with Gasteiger partial charge in [-0.2, -0.15) is 0 Å². The number of aromatic nitrogens is 3. The average Bonchev–Trinajstić information content (AvgIpc) is 3.81. The summed E-state index contributed by atoms with van der Waals surface area (Å²) in [5, 5.41) is 13.9. The molecule has 0 aliphatic carbocycles. The number of fused-ring (bicyclic) bond motifs is 2. The van der Waals surface area contributed by atoms with Crippen LogP contribution in [0.1, 0.15) is 39.6 Å². The van der Waals surface area contributed by atoms with Crippen LogP contribution in [0, 0.1) is 11.7 Å². The summed E-state index contributed by atoms with van der Waals surface area (Å²) in [7, 11) is 5.33. The zero-order chi connectivity index (χ0) is 35.3. The maximum absolute atomic E-state index is 16.0. The van der Waals surface area contributed by atoms with Gasteiger partial charge in [-0.25, -0.2) is 9.37 Å². The number of hydrogen-bond acceptors (Lipinski definition) is 6. The highest BCUT2D eigenvalue weighted by Crippen LogP contribution is 2.39. The van der Waals surface area contributed by atoms with Gasteiger partial charge in [-0.05, 0) is 49.8 Å². The third kappa shape index (κ3) is 6.23. The number of halogens is 3. The third-order valence-electron chi connectivity index (χ3n) is 9.89. The van der Waals surface area contributed by atoms with Crippen LogP contribution in [0.2, 0.25) is 10.0 Å². The number of likely N-dealkylation sites (tertiary alicyclic amines) is 1. The fourth-order valence-corrected chi connectivity index (χ4v) is 7.78. The smallest absolute Gasteiger partial charge is 0.307 e. The summed E-state index contributed by atoms with van der Waals surface area (Å²) >= 11 is 13.7. The molecular weight excluding hydrogens is 682 g/mol. The largest absolute Gasteiger partial charge is 0.493 e. The molecule has 2 aliphatic heterocycles. The van der Waals surface area contributed by atoms with E-state index in [0.717, 1.165) is 46.4 Å². The molecule has 4 heterocycles. The van der Waals surface area contributed by atoms with Gasteiger partial charge in [0.15, 0.2) is 17.4 Å². The molecule has 50 heavy (non-hydrogen) atoms. The molecule has 1 amide bonds. The molecule has 2 N–H and O–H groups in total. The number of benzene rings is 3. The minimum absolute atomic E-state index is 0.101. The number of carbonyl (C=O) groups excluding carboxylic acids is 1. The normalized spacial score (nSPS) is 16.6. The van der Waals surface area contributed by atoms with E-state index in [1.807, 2.05) is 70.7 Å². The number of carbonyl (C=O) groups is 2. The number of hydrogen-bond donors (Lipinski definition) is 2. The van der Waals surface area contributed by atoms with Crippen molar-refractivity contribution in [3.8, 4) is 16.9 Å². The lowest BCUT2D eigenvalue weighted by Gasteiger charge is -2.21. The Bertz CT molecular complexity index is 2150. The van der Waals surface area contributed by atoms with Gasteiger partial charge in [0.05, 0.1) is 36.0 Å². The number of carboxylic acids is 1. The van der Waals surface area contributed by atoms with Crippen LogP contribution < -0.4 is 10.1 Å². The van der Waals surface area contributed by atoms with E-state index >= 15 is 4.39 Å². The predicted molar refractivity (Wildman–Crippen MR) is 192 cm³/mol. The minimum Gasteiger partial charge on any atom is -0.493 e. The highest BCUT2D eigenvalue weighted by Gasteiger charge is 2.30. The average molecular weight is 720 g/mol. The van der Waals surface area contributed by atoms with Crippen molar-refractivity contribution in [2.45, 2.75) is 32.5 Å². The SMILES string of the molecule is COc1c(CN2CCC(C(=O)O)C2)cc(Cl)c(Cn2ccc3c(-c4cccc(NC(=O)c5nc6c(n5C)CCN(C)C6)c4Cl)cccc32)c1F. The van der Waals surface area contributed by atoms with Crippen molar-refractivity contribution in [2.24, 2.45) is 13.0 Å². The number of likely N-dealkylation sites (N-methyl/N-ethyl adjacent to an activating group) is 1.